The number of hydrogen-bond acceptors (Lipinski definition) is 3. The molecular formula is C23H19N2NaO2S. The number of thioether (sulfide) groups is 1. The minimum atomic E-state index is -0.256. The molecule has 1 heterocycles. The third-order valence-corrected chi connectivity index (χ3v) is 5.48. The van der Waals surface area contributed by atoms with E-state index >= 15 is 0 Å². The van der Waals surface area contributed by atoms with Crippen LogP contribution in [-0.4, -0.2) is 15.1 Å². The van der Waals surface area contributed by atoms with Gasteiger partial charge in [-0.1, -0.05) is 54.6 Å². The Balaban J connectivity index is 0.00000240. The molecule has 1 aromatic heterocycles. The smallest absolute Gasteiger partial charge is 0.858 e. The molecule has 0 aliphatic heterocycles. The van der Waals surface area contributed by atoms with Gasteiger partial charge in [-0.05, 0) is 48.7 Å². The largest absolute Gasteiger partial charge is 1.00 e. The third kappa shape index (κ3) is 4.70. The van der Waals surface area contributed by atoms with Gasteiger partial charge in [0, 0.05) is 16.2 Å². The summed E-state index contributed by atoms with van der Waals surface area (Å²) in [5.41, 5.74) is 1.41. The first-order chi connectivity index (χ1) is 13.8. The van der Waals surface area contributed by atoms with Crippen LogP contribution < -0.4 is 40.2 Å². The first-order valence-electron chi connectivity index (χ1n) is 9.08. The molecular weight excluding hydrogens is 391 g/mol. The zero-order chi connectivity index (χ0) is 19.3. The summed E-state index contributed by atoms with van der Waals surface area (Å²) in [7, 11) is 0. The van der Waals surface area contributed by atoms with Crippen LogP contribution in [0, 0.1) is 0 Å². The van der Waals surface area contributed by atoms with Gasteiger partial charge in [0.05, 0.1) is 11.4 Å². The molecule has 0 saturated carbocycles. The van der Waals surface area contributed by atoms with E-state index in [4.69, 9.17) is 0 Å². The van der Waals surface area contributed by atoms with Crippen LogP contribution in [-0.2, 0) is 6.42 Å². The Bertz CT molecular complexity index is 1110. The average molecular weight is 410 g/mol. The molecule has 4 rings (SSSR count). The fraction of sp³-hybridized carbons (Fsp3) is 0.0870. The Kier molecular flexibility index (Phi) is 7.45. The fourth-order valence-corrected chi connectivity index (χ4v) is 4.03. The van der Waals surface area contributed by atoms with Crippen LogP contribution >= 0.6 is 11.8 Å². The minimum Gasteiger partial charge on any atom is -0.858 e. The molecule has 0 N–H and O–H groups in total. The van der Waals surface area contributed by atoms with Crippen molar-refractivity contribution >= 4 is 11.8 Å². The van der Waals surface area contributed by atoms with Crippen LogP contribution in [0.4, 0.5) is 0 Å². The van der Waals surface area contributed by atoms with Crippen LogP contribution in [0.5, 0.6) is 5.88 Å². The zero-order valence-electron chi connectivity index (χ0n) is 16.2. The summed E-state index contributed by atoms with van der Waals surface area (Å²) in [6, 6.07) is 28.6. The van der Waals surface area contributed by atoms with Gasteiger partial charge in [-0.25, -0.2) is 4.68 Å². The number of benzene rings is 3. The van der Waals surface area contributed by atoms with E-state index in [1.165, 1.54) is 9.36 Å². The van der Waals surface area contributed by atoms with Crippen molar-refractivity contribution < 1.29 is 34.7 Å². The first kappa shape index (κ1) is 21.5. The fourth-order valence-electron chi connectivity index (χ4n) is 3.13. The maximum atomic E-state index is 13.2. The molecule has 4 nitrogen and oxygen atoms in total. The second kappa shape index (κ2) is 10.0. The van der Waals surface area contributed by atoms with Gasteiger partial charge in [0.25, 0.3) is 5.56 Å². The summed E-state index contributed by atoms with van der Waals surface area (Å²) in [5.74, 6) is 0.413. The predicted octanol–water partition coefficient (Wildman–Crippen LogP) is 1.04. The van der Waals surface area contributed by atoms with Gasteiger partial charge in [0.15, 0.2) is 0 Å². The van der Waals surface area contributed by atoms with Crippen molar-refractivity contribution in [2.24, 2.45) is 0 Å². The van der Waals surface area contributed by atoms with Crippen molar-refractivity contribution in [2.75, 3.05) is 5.75 Å². The molecule has 0 amide bonds. The van der Waals surface area contributed by atoms with Crippen LogP contribution in [0.25, 0.3) is 11.4 Å². The van der Waals surface area contributed by atoms with Crippen molar-refractivity contribution in [3.63, 3.8) is 0 Å². The molecule has 29 heavy (non-hydrogen) atoms. The number of aromatic nitrogens is 2. The molecule has 0 unspecified atom stereocenters. The number of hydrogen-bond donors (Lipinski definition) is 0. The van der Waals surface area contributed by atoms with E-state index in [9.17, 15) is 9.90 Å². The van der Waals surface area contributed by atoms with E-state index in [-0.39, 0.29) is 41.0 Å². The van der Waals surface area contributed by atoms with Crippen LogP contribution in [0.3, 0.4) is 0 Å². The van der Waals surface area contributed by atoms with E-state index in [0.29, 0.717) is 29.1 Å². The second-order valence-corrected chi connectivity index (χ2v) is 7.46. The van der Waals surface area contributed by atoms with Crippen molar-refractivity contribution in [2.45, 2.75) is 11.3 Å². The zero-order valence-corrected chi connectivity index (χ0v) is 19.0. The quantitative estimate of drug-likeness (QED) is 0.353. The Labute approximate surface area is 196 Å². The average Bonchev–Trinajstić information content (AvgIpc) is 3.00. The molecule has 0 bridgehead atoms. The van der Waals surface area contributed by atoms with Gasteiger partial charge in [0.1, 0.15) is 0 Å². The molecule has 4 aromatic rings. The first-order valence-corrected chi connectivity index (χ1v) is 10.1. The Morgan fingerprint density at radius 3 is 1.76 bits per heavy atom. The summed E-state index contributed by atoms with van der Waals surface area (Å²) in [6.45, 7) is 0. The predicted molar refractivity (Wildman–Crippen MR) is 112 cm³/mol. The summed E-state index contributed by atoms with van der Waals surface area (Å²) in [6.07, 6.45) is 0.421. The van der Waals surface area contributed by atoms with E-state index < -0.39 is 0 Å². The van der Waals surface area contributed by atoms with Crippen molar-refractivity contribution in [1.82, 2.24) is 9.36 Å². The number of rotatable bonds is 6. The Hall–Kier alpha value is -2.18. The monoisotopic (exact) mass is 410 g/mol. The molecule has 3 aromatic carbocycles. The summed E-state index contributed by atoms with van der Waals surface area (Å²) >= 11 is 1.64. The Morgan fingerprint density at radius 2 is 1.21 bits per heavy atom. The van der Waals surface area contributed by atoms with Gasteiger partial charge >= 0.3 is 29.6 Å². The van der Waals surface area contributed by atoms with E-state index in [0.717, 1.165) is 4.90 Å². The molecule has 140 valence electrons. The minimum absolute atomic E-state index is 0. The molecule has 0 aliphatic carbocycles. The molecule has 0 fully saturated rings. The SMILES string of the molecule is O=c1c(CCSc2ccccc2)c([O-])n(-c2ccccc2)n1-c1ccccc1.[Na+]. The summed E-state index contributed by atoms with van der Waals surface area (Å²) < 4.78 is 2.94. The molecule has 0 aliphatic rings. The summed E-state index contributed by atoms with van der Waals surface area (Å²) in [5, 5.41) is 13.2. The topological polar surface area (TPSA) is 50.0 Å². The third-order valence-electron chi connectivity index (χ3n) is 4.47. The normalized spacial score (nSPS) is 10.5. The van der Waals surface area contributed by atoms with Crippen molar-refractivity contribution in [1.29, 1.82) is 0 Å². The van der Waals surface area contributed by atoms with Gasteiger partial charge in [-0.3, -0.25) is 9.48 Å². The van der Waals surface area contributed by atoms with Crippen LogP contribution in [0.2, 0.25) is 0 Å². The van der Waals surface area contributed by atoms with Gasteiger partial charge in [-0.2, -0.15) is 0 Å². The number of nitrogens with zero attached hydrogens (tertiary/aromatic N) is 2. The maximum absolute atomic E-state index is 13.2. The van der Waals surface area contributed by atoms with Crippen molar-refractivity contribution in [3.8, 4) is 17.3 Å². The summed E-state index contributed by atoms with van der Waals surface area (Å²) in [4.78, 5) is 14.3. The molecule has 6 heteroatoms. The van der Waals surface area contributed by atoms with E-state index in [1.807, 2.05) is 91.0 Å². The van der Waals surface area contributed by atoms with Gasteiger partial charge < -0.3 is 5.11 Å². The van der Waals surface area contributed by atoms with Crippen molar-refractivity contribution in [3.05, 3.63) is 107 Å². The molecule has 0 saturated heterocycles. The number of para-hydroxylation sites is 2. The van der Waals surface area contributed by atoms with E-state index in [2.05, 4.69) is 0 Å². The molecule has 0 atom stereocenters. The van der Waals surface area contributed by atoms with Gasteiger partial charge in [-0.15, -0.1) is 11.8 Å². The standard InChI is InChI=1S/C23H20N2O2S.Na/c26-22-21(16-17-28-20-14-8-3-9-15-20)23(27)25(19-12-6-2-7-13-19)24(22)18-10-4-1-5-11-18;/h1-15,26H,16-17H2;/q;+1/p-1. The molecule has 0 radical (unpaired) electrons. The second-order valence-electron chi connectivity index (χ2n) is 6.30. The van der Waals surface area contributed by atoms with E-state index in [1.54, 1.807) is 11.8 Å². The Morgan fingerprint density at radius 1 is 0.724 bits per heavy atom. The van der Waals surface area contributed by atoms with Gasteiger partial charge in [0.2, 0.25) is 0 Å². The molecule has 0 spiro atoms. The maximum Gasteiger partial charge on any atom is 1.00 e. The van der Waals surface area contributed by atoms with Crippen LogP contribution in [0.15, 0.2) is 101 Å². The van der Waals surface area contributed by atoms with Crippen LogP contribution in [0.1, 0.15) is 5.56 Å².